The van der Waals surface area contributed by atoms with Crippen molar-refractivity contribution in [2.24, 2.45) is 11.8 Å². The van der Waals surface area contributed by atoms with E-state index in [9.17, 15) is 0 Å². The molecular formula is C27H38O4Si. The van der Waals surface area contributed by atoms with Gasteiger partial charge in [-0.25, -0.2) is 9.78 Å². The second-order valence-corrected chi connectivity index (χ2v) is 15.7. The third-order valence-electron chi connectivity index (χ3n) is 7.55. The standard InChI is InChI=1S/C27H38O4Si/c1-18(2)32(19(3)4,20(5)6)31-23-14-12-22(13-15-23)27-25-17-28-16-24(25)26(29-30-27)21-10-8-7-9-11-21/h7-15,18-20,24-27H,16-17H2,1-6H3/t24-,25-,26-,27+/m0/s1. The van der Waals surface area contributed by atoms with Gasteiger partial charge in [0.1, 0.15) is 18.0 Å². The lowest BCUT2D eigenvalue weighted by atomic mass is 9.81. The molecule has 5 heteroatoms. The molecule has 4 rings (SSSR count). The maximum Gasteiger partial charge on any atom is 0.258 e. The molecule has 2 heterocycles. The van der Waals surface area contributed by atoms with Crippen LogP contribution in [-0.4, -0.2) is 21.5 Å². The van der Waals surface area contributed by atoms with Crippen LogP contribution in [0.2, 0.25) is 16.6 Å². The molecule has 2 saturated heterocycles. The first kappa shape index (κ1) is 23.5. The number of fused-ring (bicyclic) bond motifs is 1. The molecule has 0 bridgehead atoms. The van der Waals surface area contributed by atoms with E-state index in [1.54, 1.807) is 0 Å². The summed E-state index contributed by atoms with van der Waals surface area (Å²) in [6.07, 6.45) is -0.212. The molecule has 0 unspecified atom stereocenters. The number of ether oxygens (including phenoxy) is 1. The molecule has 4 nitrogen and oxygen atoms in total. The summed E-state index contributed by atoms with van der Waals surface area (Å²) in [4.78, 5) is 11.9. The Bertz CT molecular complexity index is 843. The molecule has 2 aromatic carbocycles. The van der Waals surface area contributed by atoms with Crippen LogP contribution in [0, 0.1) is 11.8 Å². The summed E-state index contributed by atoms with van der Waals surface area (Å²) < 4.78 is 12.7. The lowest BCUT2D eigenvalue weighted by molar-refractivity contribution is -0.403. The van der Waals surface area contributed by atoms with Gasteiger partial charge in [0.2, 0.25) is 0 Å². The third-order valence-corrected chi connectivity index (χ3v) is 13.6. The molecule has 4 atom stereocenters. The summed E-state index contributed by atoms with van der Waals surface area (Å²) in [6, 6.07) is 18.8. The van der Waals surface area contributed by atoms with E-state index >= 15 is 0 Å². The van der Waals surface area contributed by atoms with E-state index in [-0.39, 0.29) is 24.0 Å². The molecule has 0 aliphatic carbocycles. The van der Waals surface area contributed by atoms with Crippen molar-refractivity contribution in [2.75, 3.05) is 13.2 Å². The van der Waals surface area contributed by atoms with Crippen molar-refractivity contribution in [3.8, 4) is 5.75 Å². The minimum absolute atomic E-state index is 0.0858. The predicted molar refractivity (Wildman–Crippen MR) is 130 cm³/mol. The van der Waals surface area contributed by atoms with E-state index < -0.39 is 8.32 Å². The van der Waals surface area contributed by atoms with E-state index in [4.69, 9.17) is 18.9 Å². The zero-order valence-corrected chi connectivity index (χ0v) is 21.3. The van der Waals surface area contributed by atoms with Crippen molar-refractivity contribution in [3.05, 3.63) is 65.7 Å². The first-order chi connectivity index (χ1) is 15.3. The Morgan fingerprint density at radius 3 is 1.62 bits per heavy atom. The van der Waals surface area contributed by atoms with Gasteiger partial charge in [0.25, 0.3) is 8.32 Å². The highest BCUT2D eigenvalue weighted by atomic mass is 28.4. The second kappa shape index (κ2) is 9.68. The van der Waals surface area contributed by atoms with Gasteiger partial charge >= 0.3 is 0 Å². The maximum atomic E-state index is 6.83. The van der Waals surface area contributed by atoms with Crippen LogP contribution >= 0.6 is 0 Å². The summed E-state index contributed by atoms with van der Waals surface area (Å²) >= 11 is 0. The maximum absolute atomic E-state index is 6.83. The van der Waals surface area contributed by atoms with Crippen molar-refractivity contribution in [1.82, 2.24) is 0 Å². The minimum atomic E-state index is -1.97. The highest BCUT2D eigenvalue weighted by molar-refractivity contribution is 6.78. The Labute approximate surface area is 194 Å². The average molecular weight is 455 g/mol. The van der Waals surface area contributed by atoms with Crippen molar-refractivity contribution in [2.45, 2.75) is 70.4 Å². The van der Waals surface area contributed by atoms with Crippen LogP contribution < -0.4 is 4.43 Å². The Hall–Kier alpha value is -1.66. The van der Waals surface area contributed by atoms with Crippen LogP contribution in [0.3, 0.4) is 0 Å². The van der Waals surface area contributed by atoms with Gasteiger partial charge in [-0.3, -0.25) is 0 Å². The van der Waals surface area contributed by atoms with Gasteiger partial charge in [-0.15, -0.1) is 0 Å². The zero-order chi connectivity index (χ0) is 22.9. The fourth-order valence-corrected chi connectivity index (χ4v) is 11.3. The van der Waals surface area contributed by atoms with E-state index in [0.29, 0.717) is 29.8 Å². The summed E-state index contributed by atoms with van der Waals surface area (Å²) in [5.74, 6) is 1.53. The molecule has 2 fully saturated rings. The highest BCUT2D eigenvalue weighted by Gasteiger charge is 2.48. The SMILES string of the molecule is CC(C)[Si](Oc1ccc([C@H]2OO[C@@H](c3ccccc3)[C@H]3COC[C@@H]32)cc1)(C(C)C)C(C)C. The molecule has 2 aliphatic heterocycles. The normalized spacial score (nSPS) is 26.0. The lowest BCUT2D eigenvalue weighted by Crippen LogP contribution is -2.50. The summed E-state index contributed by atoms with van der Waals surface area (Å²) in [5, 5.41) is 0. The van der Waals surface area contributed by atoms with Gasteiger partial charge < -0.3 is 9.16 Å². The molecule has 32 heavy (non-hydrogen) atoms. The molecule has 2 aromatic rings. The van der Waals surface area contributed by atoms with E-state index in [0.717, 1.165) is 16.9 Å². The summed E-state index contributed by atoms with van der Waals surface area (Å²) in [6.45, 7) is 15.3. The fraction of sp³-hybridized carbons (Fsp3) is 0.556. The Balaban J connectivity index is 1.52. The smallest absolute Gasteiger partial charge is 0.258 e. The molecule has 0 spiro atoms. The largest absolute Gasteiger partial charge is 0.543 e. The van der Waals surface area contributed by atoms with E-state index in [1.807, 2.05) is 18.2 Å². The Morgan fingerprint density at radius 2 is 1.16 bits per heavy atom. The quantitative estimate of drug-likeness (QED) is 0.326. The van der Waals surface area contributed by atoms with Gasteiger partial charge in [-0.2, -0.15) is 0 Å². The fourth-order valence-electron chi connectivity index (χ4n) is 6.01. The van der Waals surface area contributed by atoms with Crippen LogP contribution in [0.25, 0.3) is 0 Å². The average Bonchev–Trinajstić information content (AvgIpc) is 3.27. The lowest BCUT2D eigenvalue weighted by Gasteiger charge is -2.42. The van der Waals surface area contributed by atoms with E-state index in [2.05, 4.69) is 77.9 Å². The van der Waals surface area contributed by atoms with Crippen molar-refractivity contribution in [1.29, 1.82) is 0 Å². The van der Waals surface area contributed by atoms with Gasteiger partial charge in [-0.05, 0) is 39.9 Å². The van der Waals surface area contributed by atoms with Gasteiger partial charge in [-0.1, -0.05) is 84.0 Å². The summed E-state index contributed by atoms with van der Waals surface area (Å²) in [5.41, 5.74) is 3.90. The molecule has 174 valence electrons. The van der Waals surface area contributed by atoms with Crippen LogP contribution in [0.4, 0.5) is 0 Å². The van der Waals surface area contributed by atoms with Crippen molar-refractivity contribution >= 4 is 8.32 Å². The molecule has 0 radical (unpaired) electrons. The highest BCUT2D eigenvalue weighted by Crippen LogP contribution is 2.48. The van der Waals surface area contributed by atoms with Crippen LogP contribution in [-0.2, 0) is 14.5 Å². The zero-order valence-electron chi connectivity index (χ0n) is 20.3. The number of rotatable bonds is 7. The molecule has 0 N–H and O–H groups in total. The van der Waals surface area contributed by atoms with Crippen LogP contribution in [0.15, 0.2) is 54.6 Å². The monoisotopic (exact) mass is 454 g/mol. The molecule has 0 aromatic heterocycles. The predicted octanol–water partition coefficient (Wildman–Crippen LogP) is 7.25. The first-order valence-electron chi connectivity index (χ1n) is 12.1. The number of benzene rings is 2. The van der Waals surface area contributed by atoms with Gasteiger partial charge in [0.05, 0.1) is 13.2 Å². The summed E-state index contributed by atoms with van der Waals surface area (Å²) in [7, 11) is -1.97. The topological polar surface area (TPSA) is 36.9 Å². The van der Waals surface area contributed by atoms with Crippen molar-refractivity contribution < 1.29 is 18.9 Å². The molecule has 0 amide bonds. The third kappa shape index (κ3) is 4.28. The first-order valence-corrected chi connectivity index (χ1v) is 14.2. The molecule has 2 aliphatic rings. The molecular weight excluding hydrogens is 416 g/mol. The van der Waals surface area contributed by atoms with Crippen LogP contribution in [0.1, 0.15) is 64.9 Å². The number of hydrogen-bond acceptors (Lipinski definition) is 4. The van der Waals surface area contributed by atoms with Crippen LogP contribution in [0.5, 0.6) is 5.75 Å². The number of hydrogen-bond donors (Lipinski definition) is 0. The van der Waals surface area contributed by atoms with E-state index in [1.165, 1.54) is 0 Å². The minimum Gasteiger partial charge on any atom is -0.543 e. The Morgan fingerprint density at radius 1 is 0.688 bits per heavy atom. The van der Waals surface area contributed by atoms with Crippen molar-refractivity contribution in [3.63, 3.8) is 0 Å². The Kier molecular flexibility index (Phi) is 7.11. The second-order valence-electron chi connectivity index (χ2n) is 10.3. The van der Waals surface area contributed by atoms with Gasteiger partial charge in [0, 0.05) is 11.8 Å². The van der Waals surface area contributed by atoms with Gasteiger partial charge in [0.15, 0.2) is 0 Å². The molecule has 0 saturated carbocycles.